The van der Waals surface area contributed by atoms with Gasteiger partial charge >= 0.3 is 5.13 Å². The highest BCUT2D eigenvalue weighted by atomic mass is 32.1. The van der Waals surface area contributed by atoms with Gasteiger partial charge in [0, 0.05) is 32.6 Å². The van der Waals surface area contributed by atoms with Crippen LogP contribution in [0, 0.1) is 5.41 Å². The average molecular weight is 343 g/mol. The first-order valence-corrected chi connectivity index (χ1v) is 8.82. The smallest absolute Gasteiger partial charge is 0.378 e. The first kappa shape index (κ1) is 16.8. The maximum Gasteiger partial charge on any atom is 0.409 e. The van der Waals surface area contributed by atoms with E-state index in [1.807, 2.05) is 54.9 Å². The van der Waals surface area contributed by atoms with Crippen LogP contribution in [-0.2, 0) is 13.5 Å². The molecule has 1 aromatic heterocycles. The molecular formula is C18H23N4OS+. The van der Waals surface area contributed by atoms with E-state index in [1.165, 1.54) is 11.3 Å². The van der Waals surface area contributed by atoms with Crippen LogP contribution in [0.1, 0.15) is 35.6 Å². The molecule has 0 unspecified atom stereocenters. The van der Waals surface area contributed by atoms with E-state index in [4.69, 9.17) is 0 Å². The molecule has 0 atom stereocenters. The third kappa shape index (κ3) is 3.24. The molecule has 3 rings (SSSR count). The lowest BCUT2D eigenvalue weighted by Crippen LogP contribution is -2.38. The van der Waals surface area contributed by atoms with Crippen molar-refractivity contribution >= 4 is 33.6 Å². The van der Waals surface area contributed by atoms with Crippen LogP contribution in [-0.4, -0.2) is 19.9 Å². The van der Waals surface area contributed by atoms with Crippen LogP contribution in [0.4, 0.5) is 16.5 Å². The molecule has 6 heteroatoms. The summed E-state index contributed by atoms with van der Waals surface area (Å²) >= 11 is 1.44. The standard InChI is InChI=1S/C18H23N4OS/c1-18(2)10-14-16(15(23)11-18)24-17(22(14)5)20-19-12-6-8-13(9-7-12)21(3)4/h6-9H,10-11H2,1-5H3/q+1. The van der Waals surface area contributed by atoms with Crippen molar-refractivity contribution in [3.8, 4) is 0 Å². The fraction of sp³-hybridized carbons (Fsp3) is 0.444. The van der Waals surface area contributed by atoms with E-state index in [0.29, 0.717) is 6.42 Å². The fourth-order valence-corrected chi connectivity index (χ4v) is 3.96. The molecule has 0 spiro atoms. The molecule has 0 aliphatic heterocycles. The molecule has 0 fully saturated rings. The van der Waals surface area contributed by atoms with Crippen LogP contribution < -0.4 is 9.47 Å². The van der Waals surface area contributed by atoms with E-state index in [0.717, 1.165) is 33.5 Å². The maximum atomic E-state index is 12.4. The summed E-state index contributed by atoms with van der Waals surface area (Å²) < 4.78 is 2.01. The normalized spacial score (nSPS) is 16.5. The van der Waals surface area contributed by atoms with Crippen LogP contribution in [0.3, 0.4) is 0 Å². The highest BCUT2D eigenvalue weighted by molar-refractivity contribution is 7.16. The Morgan fingerprint density at radius 3 is 2.42 bits per heavy atom. The Kier molecular flexibility index (Phi) is 4.25. The van der Waals surface area contributed by atoms with Crippen molar-refractivity contribution in [3.05, 3.63) is 34.8 Å². The number of hydrogen-bond donors (Lipinski definition) is 0. The monoisotopic (exact) mass is 343 g/mol. The number of carbonyl (C=O) groups is 1. The number of aromatic nitrogens is 1. The second-order valence-electron chi connectivity index (χ2n) is 7.27. The Morgan fingerprint density at radius 1 is 1.12 bits per heavy atom. The molecule has 0 radical (unpaired) electrons. The lowest BCUT2D eigenvalue weighted by Gasteiger charge is -2.26. The zero-order valence-corrected chi connectivity index (χ0v) is 15.6. The molecule has 0 bridgehead atoms. The number of carbonyl (C=O) groups excluding carboxylic acids is 1. The minimum Gasteiger partial charge on any atom is -0.378 e. The number of Topliss-reactive ketones (excluding diaryl/α,β-unsaturated/α-hetero) is 1. The molecule has 2 aromatic rings. The number of thiazole rings is 1. The Labute approximate surface area is 146 Å². The first-order valence-electron chi connectivity index (χ1n) is 8.01. The highest BCUT2D eigenvalue weighted by Crippen LogP contribution is 2.38. The van der Waals surface area contributed by atoms with E-state index in [9.17, 15) is 4.79 Å². The van der Waals surface area contributed by atoms with Crippen molar-refractivity contribution in [1.29, 1.82) is 0 Å². The molecule has 1 aromatic carbocycles. The van der Waals surface area contributed by atoms with Gasteiger partial charge in [-0.25, -0.2) is 4.57 Å². The molecule has 1 heterocycles. The molecule has 0 amide bonds. The van der Waals surface area contributed by atoms with Gasteiger partial charge < -0.3 is 4.90 Å². The second-order valence-corrected chi connectivity index (χ2v) is 8.25. The zero-order valence-electron chi connectivity index (χ0n) is 14.8. The fourth-order valence-electron chi connectivity index (χ4n) is 2.94. The molecule has 1 aliphatic carbocycles. The van der Waals surface area contributed by atoms with Gasteiger partial charge in [-0.15, -0.1) is 0 Å². The highest BCUT2D eigenvalue weighted by Gasteiger charge is 2.38. The Hall–Kier alpha value is -2.08. The molecule has 5 nitrogen and oxygen atoms in total. The third-order valence-electron chi connectivity index (χ3n) is 4.30. The van der Waals surface area contributed by atoms with Crippen LogP contribution in [0.2, 0.25) is 0 Å². The number of anilines is 1. The van der Waals surface area contributed by atoms with Gasteiger partial charge in [0.15, 0.2) is 5.78 Å². The summed E-state index contributed by atoms with van der Waals surface area (Å²) in [6.45, 7) is 4.28. The van der Waals surface area contributed by atoms with Gasteiger partial charge in [-0.3, -0.25) is 4.79 Å². The van der Waals surface area contributed by atoms with Gasteiger partial charge in [0.25, 0.3) is 0 Å². The first-order chi connectivity index (χ1) is 11.3. The molecule has 126 valence electrons. The van der Waals surface area contributed by atoms with Crippen LogP contribution in [0.15, 0.2) is 34.5 Å². The van der Waals surface area contributed by atoms with Crippen LogP contribution in [0.25, 0.3) is 0 Å². The number of azo groups is 1. The third-order valence-corrected chi connectivity index (χ3v) is 5.51. The minimum absolute atomic E-state index is 0.0132. The van der Waals surface area contributed by atoms with Gasteiger partial charge in [0.05, 0.1) is 12.2 Å². The summed E-state index contributed by atoms with van der Waals surface area (Å²) in [5, 5.41) is 9.47. The van der Waals surface area contributed by atoms with Gasteiger partial charge in [-0.1, -0.05) is 13.8 Å². The number of nitrogens with zero attached hydrogens (tertiary/aromatic N) is 4. The number of rotatable bonds is 3. The minimum atomic E-state index is 0.0132. The van der Waals surface area contributed by atoms with Crippen molar-refractivity contribution < 1.29 is 9.36 Å². The lowest BCUT2D eigenvalue weighted by atomic mass is 9.78. The largest absolute Gasteiger partial charge is 0.409 e. The van der Waals surface area contributed by atoms with Gasteiger partial charge in [-0.2, -0.15) is 0 Å². The predicted octanol–water partition coefficient (Wildman–Crippen LogP) is 4.21. The van der Waals surface area contributed by atoms with Crippen molar-refractivity contribution in [3.63, 3.8) is 0 Å². The average Bonchev–Trinajstić information content (AvgIpc) is 2.81. The van der Waals surface area contributed by atoms with E-state index in [1.54, 1.807) is 0 Å². The predicted molar refractivity (Wildman–Crippen MR) is 96.9 cm³/mol. The summed E-state index contributed by atoms with van der Waals surface area (Å²) in [6, 6.07) is 7.92. The number of hydrogen-bond acceptors (Lipinski definition) is 5. The SMILES string of the molecule is CN(C)c1ccc(N=Nc2sc3c([n+]2C)CC(C)(C)CC3=O)cc1. The zero-order chi connectivity index (χ0) is 17.5. The van der Waals surface area contributed by atoms with Crippen molar-refractivity contribution in [1.82, 2.24) is 0 Å². The number of fused-ring (bicyclic) bond motifs is 1. The Balaban J connectivity index is 1.87. The number of benzene rings is 1. The number of ketones is 1. The van der Waals surface area contributed by atoms with Crippen molar-refractivity contribution in [2.75, 3.05) is 19.0 Å². The van der Waals surface area contributed by atoms with E-state index < -0.39 is 0 Å². The summed E-state index contributed by atoms with van der Waals surface area (Å²) in [4.78, 5) is 15.2. The van der Waals surface area contributed by atoms with E-state index >= 15 is 0 Å². The van der Waals surface area contributed by atoms with Crippen molar-refractivity contribution in [2.45, 2.75) is 26.7 Å². The maximum absolute atomic E-state index is 12.4. The molecule has 0 saturated heterocycles. The quantitative estimate of drug-likeness (QED) is 0.619. The van der Waals surface area contributed by atoms with Crippen LogP contribution >= 0.6 is 11.3 Å². The molecule has 1 aliphatic rings. The molecule has 0 N–H and O–H groups in total. The van der Waals surface area contributed by atoms with Crippen LogP contribution in [0.5, 0.6) is 0 Å². The summed E-state index contributed by atoms with van der Waals surface area (Å²) in [7, 11) is 5.98. The second kappa shape index (κ2) is 6.09. The van der Waals surface area contributed by atoms with Gasteiger partial charge in [-0.05, 0) is 46.1 Å². The summed E-state index contributed by atoms with van der Waals surface area (Å²) in [5.41, 5.74) is 3.02. The summed E-state index contributed by atoms with van der Waals surface area (Å²) in [5.74, 6) is 0.221. The van der Waals surface area contributed by atoms with E-state index in [-0.39, 0.29) is 11.2 Å². The Morgan fingerprint density at radius 2 is 1.79 bits per heavy atom. The Bertz CT molecular complexity index is 803. The lowest BCUT2D eigenvalue weighted by molar-refractivity contribution is -0.662. The van der Waals surface area contributed by atoms with E-state index in [2.05, 4.69) is 24.1 Å². The topological polar surface area (TPSA) is 48.9 Å². The van der Waals surface area contributed by atoms with Crippen molar-refractivity contribution in [2.24, 2.45) is 22.7 Å². The van der Waals surface area contributed by atoms with Gasteiger partial charge in [0.1, 0.15) is 16.3 Å². The molecule has 24 heavy (non-hydrogen) atoms. The van der Waals surface area contributed by atoms with Gasteiger partial charge in [0.2, 0.25) is 0 Å². The summed E-state index contributed by atoms with van der Waals surface area (Å²) in [6.07, 6.45) is 1.50. The molecular weight excluding hydrogens is 320 g/mol. The molecule has 0 saturated carbocycles.